The molecule has 0 heterocycles. The van der Waals surface area contributed by atoms with Crippen LogP contribution < -0.4 is 58.0 Å². The van der Waals surface area contributed by atoms with E-state index in [0.717, 1.165) is 38.5 Å². The topological polar surface area (TPSA) is 0 Å². The quantitative estimate of drug-likeness (QED) is 0.0918. The summed E-state index contributed by atoms with van der Waals surface area (Å²) in [4.78, 5) is 0. The van der Waals surface area contributed by atoms with Crippen molar-refractivity contribution in [3.05, 3.63) is 137 Å². The van der Waals surface area contributed by atoms with Gasteiger partial charge in [0.1, 0.15) is 8.07 Å². The average Bonchev–Trinajstić information content (AvgIpc) is 3.55. The minimum absolute atomic E-state index is 0. The summed E-state index contributed by atoms with van der Waals surface area (Å²) in [5, 5.41) is 6.06. The van der Waals surface area contributed by atoms with Gasteiger partial charge in [0, 0.05) is 0 Å². The fourth-order valence-corrected chi connectivity index (χ4v) is 11.8. The number of benzene rings is 4. The van der Waals surface area contributed by atoms with Crippen molar-refractivity contribution in [2.24, 2.45) is 0 Å². The number of hydrogen-bond donors (Lipinski definition) is 0. The van der Waals surface area contributed by atoms with Gasteiger partial charge in [0.25, 0.3) is 0 Å². The Morgan fingerprint density at radius 2 is 0.761 bits per heavy atom. The molecule has 0 spiro atoms. The standard InChI is InChI=1S/C41H47Si.3ClH.Ti/c1-7-30-20-31(8-2)24-39(23-30)42(40-25-32(9-3)21-33(10-4)26-40,41-27-34(11-5)22-35(12-6)28-41)38-19-18-37(29-38)36-16-14-13-15-17-36;;;;/h13-29H,7-12H2,1-6H3;3*1H;/q-1;;;;+4/p-3. The zero-order valence-corrected chi connectivity index (χ0v) is 33.0. The van der Waals surface area contributed by atoms with E-state index in [-0.39, 0.29) is 58.9 Å². The molecule has 0 aliphatic carbocycles. The first-order valence-electron chi connectivity index (χ1n) is 16.2. The largest absolute Gasteiger partial charge is 4.00 e. The van der Waals surface area contributed by atoms with Crippen LogP contribution in [0.25, 0.3) is 11.1 Å². The number of rotatable bonds is 11. The van der Waals surface area contributed by atoms with Crippen molar-refractivity contribution in [2.45, 2.75) is 80.1 Å². The minimum Gasteiger partial charge on any atom is -1.00 e. The Balaban J connectivity index is 0.00000264. The maximum absolute atomic E-state index is 2.70. The predicted octanol–water partition coefficient (Wildman–Crippen LogP) is -1.17. The molecular weight excluding hydrogens is 675 g/mol. The Labute approximate surface area is 313 Å². The Morgan fingerprint density at radius 1 is 0.435 bits per heavy atom. The summed E-state index contributed by atoms with van der Waals surface area (Å²) in [6.45, 7) is 13.8. The molecule has 5 aromatic rings. The second kappa shape index (κ2) is 19.1. The first-order chi connectivity index (χ1) is 20.5. The van der Waals surface area contributed by atoms with Crippen molar-refractivity contribution in [3.8, 4) is 11.1 Å². The van der Waals surface area contributed by atoms with Gasteiger partial charge in [-0.15, -0.1) is 5.19 Å². The van der Waals surface area contributed by atoms with Gasteiger partial charge in [-0.1, -0.05) is 148 Å². The van der Waals surface area contributed by atoms with E-state index in [1.54, 1.807) is 0 Å². The molecule has 0 aromatic heterocycles. The van der Waals surface area contributed by atoms with Gasteiger partial charge >= 0.3 is 21.7 Å². The van der Waals surface area contributed by atoms with E-state index in [4.69, 9.17) is 0 Å². The van der Waals surface area contributed by atoms with Gasteiger partial charge < -0.3 is 37.2 Å². The smallest absolute Gasteiger partial charge is 1.00 e. The van der Waals surface area contributed by atoms with Crippen LogP contribution in [0.3, 0.4) is 0 Å². The Bertz CT molecular complexity index is 1460. The molecular formula is C41H47Cl3SiTi. The van der Waals surface area contributed by atoms with E-state index in [0.29, 0.717) is 0 Å². The van der Waals surface area contributed by atoms with Gasteiger partial charge in [0.15, 0.2) is 0 Å². The molecule has 5 aromatic carbocycles. The normalized spacial score (nSPS) is 10.7. The SMILES string of the molecule is CCc1cc(CC)cc([Si](c2cc(CC)cc(CC)c2)(c2cc(CC)cc(CC)c2)[c-]2ccc(-c3ccccc3)c2)c1.[Cl-].[Cl-].[Cl-].[Ti+4]. The molecule has 0 aliphatic heterocycles. The first-order valence-corrected chi connectivity index (χ1v) is 18.2. The molecule has 0 N–H and O–H groups in total. The predicted molar refractivity (Wildman–Crippen MR) is 187 cm³/mol. The monoisotopic (exact) mass is 720 g/mol. The van der Waals surface area contributed by atoms with Crippen LogP contribution in [-0.2, 0) is 60.2 Å². The minimum atomic E-state index is -2.70. The summed E-state index contributed by atoms with van der Waals surface area (Å²) in [6, 6.07) is 41.0. The van der Waals surface area contributed by atoms with Gasteiger partial charge in [-0.2, -0.15) is 17.7 Å². The number of aryl methyl sites for hydroxylation is 6. The molecule has 0 nitrogen and oxygen atoms in total. The van der Waals surface area contributed by atoms with Crippen LogP contribution in [0.2, 0.25) is 0 Å². The molecule has 0 aliphatic rings. The van der Waals surface area contributed by atoms with Crippen LogP contribution >= 0.6 is 0 Å². The molecule has 0 bridgehead atoms. The van der Waals surface area contributed by atoms with E-state index in [2.05, 4.69) is 145 Å². The molecule has 0 saturated heterocycles. The van der Waals surface area contributed by atoms with Crippen molar-refractivity contribution < 1.29 is 58.9 Å². The molecule has 5 rings (SSSR count). The van der Waals surface area contributed by atoms with Crippen LogP contribution in [-0.4, -0.2) is 8.07 Å². The van der Waals surface area contributed by atoms with Crippen molar-refractivity contribution in [3.63, 3.8) is 0 Å². The Morgan fingerprint density at radius 3 is 1.07 bits per heavy atom. The third-order valence-electron chi connectivity index (χ3n) is 9.20. The summed E-state index contributed by atoms with van der Waals surface area (Å²) in [7, 11) is -2.70. The van der Waals surface area contributed by atoms with Crippen LogP contribution in [0.5, 0.6) is 0 Å². The van der Waals surface area contributed by atoms with E-state index in [9.17, 15) is 0 Å². The average molecular weight is 722 g/mol. The zero-order valence-electron chi connectivity index (χ0n) is 28.2. The summed E-state index contributed by atoms with van der Waals surface area (Å²) in [5.74, 6) is 0. The maximum Gasteiger partial charge on any atom is 4.00 e. The van der Waals surface area contributed by atoms with Crippen molar-refractivity contribution in [1.82, 2.24) is 0 Å². The Kier molecular flexibility index (Phi) is 17.5. The fourth-order valence-electron chi connectivity index (χ4n) is 6.65. The van der Waals surface area contributed by atoms with E-state index < -0.39 is 8.07 Å². The van der Waals surface area contributed by atoms with Gasteiger partial charge in [0.2, 0.25) is 0 Å². The van der Waals surface area contributed by atoms with E-state index in [1.165, 1.54) is 65.3 Å². The number of halogens is 3. The van der Waals surface area contributed by atoms with E-state index >= 15 is 0 Å². The van der Waals surface area contributed by atoms with E-state index in [1.807, 2.05) is 0 Å². The molecule has 46 heavy (non-hydrogen) atoms. The molecule has 0 unspecified atom stereocenters. The van der Waals surface area contributed by atoms with Crippen LogP contribution in [0.1, 0.15) is 74.9 Å². The molecule has 0 saturated carbocycles. The van der Waals surface area contributed by atoms with Crippen LogP contribution in [0.4, 0.5) is 0 Å². The molecule has 240 valence electrons. The number of hydrogen-bond acceptors (Lipinski definition) is 0. The van der Waals surface area contributed by atoms with Gasteiger partial charge in [0.05, 0.1) is 0 Å². The van der Waals surface area contributed by atoms with Crippen molar-refractivity contribution in [2.75, 3.05) is 0 Å². The Hall–Kier alpha value is -1.97. The summed E-state index contributed by atoms with van der Waals surface area (Å²) >= 11 is 0. The van der Waals surface area contributed by atoms with Gasteiger partial charge in [-0.05, 0) is 71.9 Å². The van der Waals surface area contributed by atoms with Crippen molar-refractivity contribution >= 4 is 28.8 Å². The summed E-state index contributed by atoms with van der Waals surface area (Å²) < 4.78 is 0. The molecule has 0 atom stereocenters. The third kappa shape index (κ3) is 8.54. The molecule has 5 heteroatoms. The molecule has 0 amide bonds. The van der Waals surface area contributed by atoms with Crippen LogP contribution in [0.15, 0.2) is 103 Å². The van der Waals surface area contributed by atoms with Gasteiger partial charge in [-0.25, -0.2) is 6.07 Å². The summed E-state index contributed by atoms with van der Waals surface area (Å²) in [6.07, 6.45) is 6.29. The van der Waals surface area contributed by atoms with Crippen LogP contribution in [0, 0.1) is 0 Å². The second-order valence-corrected chi connectivity index (χ2v) is 15.5. The van der Waals surface area contributed by atoms with Gasteiger partial charge in [-0.3, -0.25) is 0 Å². The fraction of sp³-hybridized carbons (Fsp3) is 0.293. The second-order valence-electron chi connectivity index (χ2n) is 11.7. The summed E-state index contributed by atoms with van der Waals surface area (Å²) in [5.41, 5.74) is 11.3. The first kappa shape index (κ1) is 42.1. The third-order valence-corrected chi connectivity index (χ3v) is 13.8. The zero-order chi connectivity index (χ0) is 29.7. The molecule has 0 radical (unpaired) electrons. The van der Waals surface area contributed by atoms with Crippen molar-refractivity contribution in [1.29, 1.82) is 0 Å². The molecule has 0 fully saturated rings. The maximum atomic E-state index is 2.56.